The van der Waals surface area contributed by atoms with Gasteiger partial charge in [-0.3, -0.25) is 9.59 Å². The zero-order valence-electron chi connectivity index (χ0n) is 22.4. The number of carbonyl (C=O) groups excluding carboxylic acids is 2. The maximum absolute atomic E-state index is 12.9. The van der Waals surface area contributed by atoms with E-state index in [0.717, 1.165) is 16.8 Å². The number of rotatable bonds is 6. The van der Waals surface area contributed by atoms with Crippen molar-refractivity contribution in [1.82, 2.24) is 24.4 Å². The Morgan fingerprint density at radius 3 is 2.55 bits per heavy atom. The number of likely N-dealkylation sites (tertiary alicyclic amines) is 1. The number of nitrogens with two attached hydrogens (primary N) is 1. The second-order valence-electron chi connectivity index (χ2n) is 10.9. The summed E-state index contributed by atoms with van der Waals surface area (Å²) in [7, 11) is 0. The van der Waals surface area contributed by atoms with Gasteiger partial charge in [-0.15, -0.1) is 5.10 Å². The van der Waals surface area contributed by atoms with Gasteiger partial charge in [0, 0.05) is 61.1 Å². The number of hydrogen-bond donors (Lipinski definition) is 2. The first-order valence-corrected chi connectivity index (χ1v) is 13.2. The number of amides is 2. The third kappa shape index (κ3) is 5.96. The van der Waals surface area contributed by atoms with E-state index < -0.39 is 30.5 Å². The fraction of sp³-hybridized carbons (Fsp3) is 0.429. The maximum atomic E-state index is 12.9. The van der Waals surface area contributed by atoms with Gasteiger partial charge in [0.15, 0.2) is 5.65 Å². The first kappa shape index (κ1) is 27.6. The molecule has 212 valence electrons. The van der Waals surface area contributed by atoms with Crippen molar-refractivity contribution in [3.05, 3.63) is 59.8 Å². The van der Waals surface area contributed by atoms with E-state index in [1.165, 1.54) is 4.90 Å². The SMILES string of the molecule is C[C@H]1CN(C(=O)c2ccc(Nc3nc4c(C5=CCN(C(=O)CCC(F)(F)F)CC5)cccn4n3)cc2)C[C@]1(C)N. The minimum atomic E-state index is -4.35. The molecule has 2 aromatic heterocycles. The molecule has 0 aliphatic carbocycles. The topological polar surface area (TPSA) is 109 Å². The second-order valence-corrected chi connectivity index (χ2v) is 10.9. The van der Waals surface area contributed by atoms with Crippen molar-refractivity contribution >= 4 is 34.7 Å². The van der Waals surface area contributed by atoms with Crippen molar-refractivity contribution in [3.8, 4) is 0 Å². The lowest BCUT2D eigenvalue weighted by Gasteiger charge is -2.27. The molecule has 0 saturated carbocycles. The van der Waals surface area contributed by atoms with Crippen molar-refractivity contribution in [2.45, 2.75) is 44.8 Å². The summed E-state index contributed by atoms with van der Waals surface area (Å²) in [5.74, 6) is 0.0430. The van der Waals surface area contributed by atoms with Gasteiger partial charge in [-0.25, -0.2) is 4.52 Å². The van der Waals surface area contributed by atoms with Crippen LogP contribution in [0.4, 0.5) is 24.8 Å². The average molecular weight is 556 g/mol. The van der Waals surface area contributed by atoms with Crippen molar-refractivity contribution in [2.75, 3.05) is 31.5 Å². The van der Waals surface area contributed by atoms with Crippen LogP contribution in [0.5, 0.6) is 0 Å². The number of alkyl halides is 3. The van der Waals surface area contributed by atoms with E-state index in [0.29, 0.717) is 43.2 Å². The average Bonchev–Trinajstić information content (AvgIpc) is 3.45. The predicted octanol–water partition coefficient (Wildman–Crippen LogP) is 4.24. The molecule has 0 bridgehead atoms. The maximum Gasteiger partial charge on any atom is 0.389 e. The summed E-state index contributed by atoms with van der Waals surface area (Å²) in [5.41, 5.74) is 9.62. The highest BCUT2D eigenvalue weighted by Crippen LogP contribution is 2.29. The molecule has 4 heterocycles. The first-order chi connectivity index (χ1) is 18.9. The van der Waals surface area contributed by atoms with E-state index in [4.69, 9.17) is 5.73 Å². The van der Waals surface area contributed by atoms with E-state index >= 15 is 0 Å². The number of pyridine rings is 1. The Labute approximate surface area is 229 Å². The summed E-state index contributed by atoms with van der Waals surface area (Å²) in [4.78, 5) is 33.0. The summed E-state index contributed by atoms with van der Waals surface area (Å²) in [6.45, 7) is 5.75. The normalized spacial score (nSPS) is 21.6. The Morgan fingerprint density at radius 2 is 1.93 bits per heavy atom. The van der Waals surface area contributed by atoms with Crippen LogP contribution < -0.4 is 11.1 Å². The van der Waals surface area contributed by atoms with Crippen LogP contribution in [-0.4, -0.2) is 74.1 Å². The van der Waals surface area contributed by atoms with Gasteiger partial charge in [-0.1, -0.05) is 13.0 Å². The standard InChI is InChI=1S/C28H32F3N7O2/c1-18-16-37(17-27(18,2)32)25(40)20-5-7-21(8-6-20)33-26-34-24-22(4-3-13-38(24)35-26)19-10-14-36(15-11-19)23(39)9-12-28(29,30)31/h3-8,10,13,18H,9,11-12,14-17,32H2,1-2H3,(H,33,35)/t18-,27-/m0/s1. The summed E-state index contributed by atoms with van der Waals surface area (Å²) in [5, 5.41) is 7.68. The Kier molecular flexibility index (Phi) is 7.30. The Balaban J connectivity index is 1.25. The van der Waals surface area contributed by atoms with Gasteiger partial charge in [0.25, 0.3) is 5.91 Å². The highest BCUT2D eigenvalue weighted by Gasteiger charge is 2.39. The molecular formula is C28H32F3N7O2. The summed E-state index contributed by atoms with van der Waals surface area (Å²) >= 11 is 0. The third-order valence-electron chi connectivity index (χ3n) is 7.72. The van der Waals surface area contributed by atoms with Gasteiger partial charge in [0.1, 0.15) is 0 Å². The molecule has 0 radical (unpaired) electrons. The molecule has 2 aliphatic rings. The minimum absolute atomic E-state index is 0.0514. The molecule has 9 nitrogen and oxygen atoms in total. The van der Waals surface area contributed by atoms with Crippen LogP contribution in [0, 0.1) is 5.92 Å². The van der Waals surface area contributed by atoms with E-state index in [1.807, 2.05) is 25.1 Å². The minimum Gasteiger partial charge on any atom is -0.339 e. The van der Waals surface area contributed by atoms with E-state index in [1.54, 1.807) is 39.9 Å². The highest BCUT2D eigenvalue weighted by atomic mass is 19.4. The molecular weight excluding hydrogens is 523 g/mol. The lowest BCUT2D eigenvalue weighted by atomic mass is 9.92. The number of halogens is 3. The summed E-state index contributed by atoms with van der Waals surface area (Å²) in [6, 6.07) is 10.9. The first-order valence-electron chi connectivity index (χ1n) is 13.2. The van der Waals surface area contributed by atoms with Crippen LogP contribution >= 0.6 is 0 Å². The van der Waals surface area contributed by atoms with Crippen molar-refractivity contribution in [1.29, 1.82) is 0 Å². The van der Waals surface area contributed by atoms with Crippen molar-refractivity contribution < 1.29 is 22.8 Å². The summed E-state index contributed by atoms with van der Waals surface area (Å²) < 4.78 is 39.1. The van der Waals surface area contributed by atoms with Crippen LogP contribution in [0.15, 0.2) is 48.7 Å². The molecule has 12 heteroatoms. The molecule has 3 aromatic rings. The number of fused-ring (bicyclic) bond motifs is 1. The number of nitrogens with one attached hydrogen (secondary N) is 1. The number of nitrogens with zero attached hydrogens (tertiary/aromatic N) is 5. The molecule has 3 N–H and O–H groups in total. The zero-order valence-corrected chi connectivity index (χ0v) is 22.4. The Bertz CT molecular complexity index is 1450. The van der Waals surface area contributed by atoms with Gasteiger partial charge >= 0.3 is 6.18 Å². The van der Waals surface area contributed by atoms with Gasteiger partial charge in [0.05, 0.1) is 6.42 Å². The fourth-order valence-corrected chi connectivity index (χ4v) is 5.09. The largest absolute Gasteiger partial charge is 0.389 e. The predicted molar refractivity (Wildman–Crippen MR) is 145 cm³/mol. The Hall–Kier alpha value is -3.93. The van der Waals surface area contributed by atoms with Gasteiger partial charge in [0.2, 0.25) is 11.9 Å². The fourth-order valence-electron chi connectivity index (χ4n) is 5.09. The molecule has 2 aliphatic heterocycles. The molecule has 0 unspecified atom stereocenters. The molecule has 0 spiro atoms. The molecule has 1 fully saturated rings. The van der Waals surface area contributed by atoms with Crippen LogP contribution in [0.2, 0.25) is 0 Å². The highest BCUT2D eigenvalue weighted by molar-refractivity contribution is 5.95. The Morgan fingerprint density at radius 1 is 1.18 bits per heavy atom. The number of benzene rings is 1. The third-order valence-corrected chi connectivity index (χ3v) is 7.72. The van der Waals surface area contributed by atoms with E-state index in [2.05, 4.69) is 22.3 Å². The van der Waals surface area contributed by atoms with Gasteiger partial charge in [-0.2, -0.15) is 18.2 Å². The second kappa shape index (κ2) is 10.6. The van der Waals surface area contributed by atoms with Gasteiger partial charge < -0.3 is 20.9 Å². The monoisotopic (exact) mass is 555 g/mol. The molecule has 2 amide bonds. The van der Waals surface area contributed by atoms with Crippen LogP contribution in [0.25, 0.3) is 11.2 Å². The number of hydrogen-bond acceptors (Lipinski definition) is 6. The van der Waals surface area contributed by atoms with Gasteiger partial charge in [-0.05, 0) is 61.2 Å². The summed E-state index contributed by atoms with van der Waals surface area (Å²) in [6.07, 6.45) is -1.87. The molecule has 2 atom stereocenters. The lowest BCUT2D eigenvalue weighted by Crippen LogP contribution is -2.44. The molecule has 5 rings (SSSR count). The smallest absolute Gasteiger partial charge is 0.339 e. The van der Waals surface area contributed by atoms with Crippen LogP contribution in [-0.2, 0) is 4.79 Å². The van der Waals surface area contributed by atoms with E-state index in [9.17, 15) is 22.8 Å². The van der Waals surface area contributed by atoms with Crippen LogP contribution in [0.3, 0.4) is 0 Å². The quantitative estimate of drug-likeness (QED) is 0.471. The zero-order chi connectivity index (χ0) is 28.7. The number of carbonyl (C=O) groups is 2. The van der Waals surface area contributed by atoms with Crippen molar-refractivity contribution in [3.63, 3.8) is 0 Å². The number of anilines is 2. The van der Waals surface area contributed by atoms with Crippen molar-refractivity contribution in [2.24, 2.45) is 11.7 Å². The molecule has 1 saturated heterocycles. The molecule has 40 heavy (non-hydrogen) atoms. The van der Waals surface area contributed by atoms with E-state index in [-0.39, 0.29) is 18.4 Å². The van der Waals surface area contributed by atoms with Crippen LogP contribution in [0.1, 0.15) is 49.0 Å². The number of aromatic nitrogens is 3. The lowest BCUT2D eigenvalue weighted by molar-refractivity contribution is -0.148. The molecule has 1 aromatic carbocycles.